The highest BCUT2D eigenvalue weighted by Crippen LogP contribution is 2.31. The molecule has 3 aromatic rings. The number of Topliss-reactive ketones (excluding diaryl/α,β-unsaturated/α-hetero) is 1. The number of halogens is 2. The molecule has 0 spiro atoms. The Balaban J connectivity index is 2.13. The molecular weight excluding hydrogens is 416 g/mol. The van der Waals surface area contributed by atoms with Crippen LogP contribution in [0.5, 0.6) is 0 Å². The summed E-state index contributed by atoms with van der Waals surface area (Å²) in [6.45, 7) is 0. The highest BCUT2D eigenvalue weighted by atomic mass is 79.9. The van der Waals surface area contributed by atoms with Gasteiger partial charge in [-0.1, -0.05) is 92.5 Å². The van der Waals surface area contributed by atoms with Crippen LogP contribution >= 0.6 is 31.9 Å². The maximum Gasteiger partial charge on any atom is 0.173 e. The zero-order valence-corrected chi connectivity index (χ0v) is 15.5. The van der Waals surface area contributed by atoms with Crippen molar-refractivity contribution in [2.45, 2.75) is 0 Å². The lowest BCUT2D eigenvalue weighted by atomic mass is 9.95. The molecule has 0 bridgehead atoms. The third-order valence-corrected chi connectivity index (χ3v) is 4.61. The van der Waals surface area contributed by atoms with E-state index < -0.39 is 0 Å². The third-order valence-electron chi connectivity index (χ3n) is 3.84. The van der Waals surface area contributed by atoms with Gasteiger partial charge in [0.15, 0.2) is 5.78 Å². The van der Waals surface area contributed by atoms with Crippen molar-refractivity contribution in [3.05, 3.63) is 76.8 Å². The van der Waals surface area contributed by atoms with E-state index in [1.165, 1.54) is 21.9 Å². The highest BCUT2D eigenvalue weighted by Gasteiger charge is 2.07. The highest BCUT2D eigenvalue weighted by molar-refractivity contribution is 9.11. The molecule has 0 aliphatic rings. The summed E-state index contributed by atoms with van der Waals surface area (Å²) in [6, 6.07) is 20.4. The second-order valence-corrected chi connectivity index (χ2v) is 6.26. The van der Waals surface area contributed by atoms with Gasteiger partial charge in [0.2, 0.25) is 0 Å². The fraction of sp³-hybridized carbons (Fsp3) is 0.0500. The number of hydrogen-bond donors (Lipinski definition) is 0. The summed E-state index contributed by atoms with van der Waals surface area (Å²) in [4.78, 5) is 13.6. The predicted octanol–water partition coefficient (Wildman–Crippen LogP) is 6.45. The maximum absolute atomic E-state index is 11.7. The molecule has 0 aromatic heterocycles. The van der Waals surface area contributed by atoms with Crippen molar-refractivity contribution in [1.82, 2.24) is 0 Å². The SMILES string of the molecule is O=C(CBr)c1ccc(-c2cccc3c(C=CBr)cccc23)cc1. The van der Waals surface area contributed by atoms with E-state index >= 15 is 0 Å². The Morgan fingerprint density at radius 2 is 1.61 bits per heavy atom. The van der Waals surface area contributed by atoms with E-state index in [0.717, 1.165) is 11.1 Å². The molecule has 23 heavy (non-hydrogen) atoms. The quantitative estimate of drug-likeness (QED) is 0.344. The van der Waals surface area contributed by atoms with Gasteiger partial charge in [0.05, 0.1) is 5.33 Å². The van der Waals surface area contributed by atoms with Gasteiger partial charge in [-0.2, -0.15) is 0 Å². The number of carbonyl (C=O) groups excluding carboxylic acids is 1. The minimum Gasteiger partial charge on any atom is -0.293 e. The lowest BCUT2D eigenvalue weighted by molar-refractivity contribution is 0.102. The number of benzene rings is 3. The summed E-state index contributed by atoms with van der Waals surface area (Å²) in [5, 5.41) is 2.76. The summed E-state index contributed by atoms with van der Waals surface area (Å²) in [5.41, 5.74) is 4.19. The van der Waals surface area contributed by atoms with Gasteiger partial charge in [-0.25, -0.2) is 0 Å². The topological polar surface area (TPSA) is 17.1 Å². The third kappa shape index (κ3) is 3.31. The molecule has 3 rings (SSSR count). The molecule has 0 saturated carbocycles. The van der Waals surface area contributed by atoms with E-state index in [-0.39, 0.29) is 5.78 Å². The number of ketones is 1. The normalized spacial score (nSPS) is 11.2. The minimum absolute atomic E-state index is 0.0965. The second-order valence-electron chi connectivity index (χ2n) is 5.17. The van der Waals surface area contributed by atoms with Gasteiger partial charge in [0, 0.05) is 5.56 Å². The van der Waals surface area contributed by atoms with Crippen LogP contribution in [0.1, 0.15) is 15.9 Å². The number of alkyl halides is 1. The second kappa shape index (κ2) is 7.24. The van der Waals surface area contributed by atoms with Gasteiger partial charge in [-0.15, -0.1) is 0 Å². The molecule has 1 nitrogen and oxygen atoms in total. The molecule has 3 aromatic carbocycles. The Hall–Kier alpha value is -1.71. The van der Waals surface area contributed by atoms with E-state index in [2.05, 4.69) is 68.3 Å². The van der Waals surface area contributed by atoms with E-state index in [1.54, 1.807) is 0 Å². The molecule has 0 aliphatic heterocycles. The first-order chi connectivity index (χ1) is 11.2. The molecule has 0 amide bonds. The van der Waals surface area contributed by atoms with Crippen LogP contribution in [-0.2, 0) is 0 Å². The Bertz CT molecular complexity index is 880. The Morgan fingerprint density at radius 3 is 2.30 bits per heavy atom. The monoisotopic (exact) mass is 428 g/mol. The van der Waals surface area contributed by atoms with E-state index in [4.69, 9.17) is 0 Å². The molecule has 0 N–H and O–H groups in total. The van der Waals surface area contributed by atoms with Crippen molar-refractivity contribution >= 4 is 54.5 Å². The smallest absolute Gasteiger partial charge is 0.173 e. The Kier molecular flexibility index (Phi) is 5.09. The van der Waals surface area contributed by atoms with Crippen molar-refractivity contribution in [3.63, 3.8) is 0 Å². The van der Waals surface area contributed by atoms with Crippen LogP contribution in [0, 0.1) is 0 Å². The van der Waals surface area contributed by atoms with E-state index in [0.29, 0.717) is 5.33 Å². The van der Waals surface area contributed by atoms with Crippen LogP contribution in [0.2, 0.25) is 0 Å². The molecule has 0 saturated heterocycles. The van der Waals surface area contributed by atoms with Gasteiger partial charge >= 0.3 is 0 Å². The van der Waals surface area contributed by atoms with Crippen LogP contribution in [0.15, 0.2) is 65.6 Å². The van der Waals surface area contributed by atoms with Crippen LogP contribution < -0.4 is 0 Å². The molecule has 0 heterocycles. The van der Waals surface area contributed by atoms with Crippen molar-refractivity contribution in [2.75, 3.05) is 5.33 Å². The lowest BCUT2D eigenvalue weighted by Gasteiger charge is -2.09. The zero-order chi connectivity index (χ0) is 16.2. The van der Waals surface area contributed by atoms with E-state index in [1.807, 2.05) is 35.3 Å². The number of rotatable bonds is 4. The first kappa shape index (κ1) is 16.2. The number of fused-ring (bicyclic) bond motifs is 1. The van der Waals surface area contributed by atoms with Gasteiger partial charge < -0.3 is 0 Å². The molecule has 114 valence electrons. The average Bonchev–Trinajstić information content (AvgIpc) is 2.61. The maximum atomic E-state index is 11.7. The fourth-order valence-corrected chi connectivity index (χ4v) is 3.32. The standard InChI is InChI=1S/C20H14Br2O/c21-12-11-14-3-1-6-19-17(14)4-2-5-18(19)15-7-9-16(10-8-15)20(23)13-22/h1-12H,13H2. The van der Waals surface area contributed by atoms with Crippen molar-refractivity contribution in [1.29, 1.82) is 0 Å². The average molecular weight is 430 g/mol. The van der Waals surface area contributed by atoms with Gasteiger partial charge in [-0.3, -0.25) is 4.79 Å². The summed E-state index contributed by atoms with van der Waals surface area (Å²) in [7, 11) is 0. The first-order valence-electron chi connectivity index (χ1n) is 7.22. The lowest BCUT2D eigenvalue weighted by Crippen LogP contribution is -1.99. The molecule has 0 aliphatic carbocycles. The minimum atomic E-state index is 0.0965. The van der Waals surface area contributed by atoms with Crippen molar-refractivity contribution in [3.8, 4) is 11.1 Å². The molecule has 0 unspecified atom stereocenters. The first-order valence-corrected chi connectivity index (χ1v) is 9.26. The van der Waals surface area contributed by atoms with Crippen LogP contribution in [0.25, 0.3) is 28.0 Å². The molecular formula is C20H14Br2O. The van der Waals surface area contributed by atoms with Crippen LogP contribution in [0.3, 0.4) is 0 Å². The van der Waals surface area contributed by atoms with Gasteiger partial charge in [0.1, 0.15) is 0 Å². The van der Waals surface area contributed by atoms with E-state index in [9.17, 15) is 4.79 Å². The Morgan fingerprint density at radius 1 is 0.913 bits per heavy atom. The summed E-state index contributed by atoms with van der Waals surface area (Å²) in [5.74, 6) is 0.0965. The summed E-state index contributed by atoms with van der Waals surface area (Å²) < 4.78 is 0. The molecule has 0 radical (unpaired) electrons. The summed E-state index contributed by atoms with van der Waals surface area (Å²) in [6.07, 6.45) is 2.05. The molecule has 0 fully saturated rings. The van der Waals surface area contributed by atoms with Crippen LogP contribution in [0.4, 0.5) is 0 Å². The largest absolute Gasteiger partial charge is 0.293 e. The van der Waals surface area contributed by atoms with Crippen molar-refractivity contribution in [2.24, 2.45) is 0 Å². The predicted molar refractivity (Wildman–Crippen MR) is 105 cm³/mol. The zero-order valence-electron chi connectivity index (χ0n) is 12.3. The Labute approximate surface area is 152 Å². The van der Waals surface area contributed by atoms with Gasteiger partial charge in [0.25, 0.3) is 0 Å². The molecule has 0 atom stereocenters. The number of hydrogen-bond acceptors (Lipinski definition) is 1. The number of carbonyl (C=O) groups is 1. The summed E-state index contributed by atoms with van der Waals surface area (Å²) >= 11 is 6.56. The van der Waals surface area contributed by atoms with Gasteiger partial charge in [-0.05, 0) is 38.5 Å². The van der Waals surface area contributed by atoms with Crippen LogP contribution in [-0.4, -0.2) is 11.1 Å². The van der Waals surface area contributed by atoms with Crippen molar-refractivity contribution < 1.29 is 4.79 Å². The fourth-order valence-electron chi connectivity index (χ4n) is 2.71. The molecule has 3 heteroatoms.